The highest BCUT2D eigenvalue weighted by Crippen LogP contribution is 2.38. The number of nitrogens with zero attached hydrogens (tertiary/aromatic N) is 2. The number of carbonyl (C=O) groups excluding carboxylic acids is 2. The molecule has 1 atom stereocenters. The molecule has 0 saturated carbocycles. The van der Waals surface area contributed by atoms with E-state index in [1.54, 1.807) is 28.8 Å². The molecule has 0 radical (unpaired) electrons. The van der Waals surface area contributed by atoms with E-state index in [0.717, 1.165) is 16.9 Å². The predicted molar refractivity (Wildman–Crippen MR) is 105 cm³/mol. The van der Waals surface area contributed by atoms with E-state index in [9.17, 15) is 19.7 Å². The maximum absolute atomic E-state index is 12.5. The van der Waals surface area contributed by atoms with Crippen LogP contribution in [0.1, 0.15) is 16.5 Å². The molecule has 9 heteroatoms. The highest BCUT2D eigenvalue weighted by molar-refractivity contribution is 7.99. The second-order valence-corrected chi connectivity index (χ2v) is 7.26. The first-order chi connectivity index (χ1) is 13.5. The topological polar surface area (TPSA) is 102 Å². The SMILES string of the molecule is O=C(NCC(=O)N1CCSC1c1ccc([N+](=O)[O-])cc1)OCc1ccccc1. The van der Waals surface area contributed by atoms with Gasteiger partial charge in [0.2, 0.25) is 5.91 Å². The van der Waals surface area contributed by atoms with Crippen LogP contribution < -0.4 is 5.32 Å². The van der Waals surface area contributed by atoms with Crippen molar-refractivity contribution in [1.29, 1.82) is 0 Å². The Morgan fingerprint density at radius 1 is 1.18 bits per heavy atom. The number of nitro groups is 1. The number of amides is 2. The second-order valence-electron chi connectivity index (χ2n) is 6.07. The number of benzene rings is 2. The Morgan fingerprint density at radius 3 is 2.57 bits per heavy atom. The molecule has 1 heterocycles. The lowest BCUT2D eigenvalue weighted by molar-refractivity contribution is -0.384. The summed E-state index contributed by atoms with van der Waals surface area (Å²) in [7, 11) is 0. The van der Waals surface area contributed by atoms with Crippen LogP contribution in [0.3, 0.4) is 0 Å². The number of hydrogen-bond donors (Lipinski definition) is 1. The number of hydrogen-bond acceptors (Lipinski definition) is 6. The minimum atomic E-state index is -0.657. The molecule has 0 aliphatic carbocycles. The highest BCUT2D eigenvalue weighted by Gasteiger charge is 2.30. The number of carbonyl (C=O) groups is 2. The fourth-order valence-corrected chi connectivity index (χ4v) is 4.06. The molecule has 0 bridgehead atoms. The largest absolute Gasteiger partial charge is 0.445 e. The highest BCUT2D eigenvalue weighted by atomic mass is 32.2. The zero-order valence-corrected chi connectivity index (χ0v) is 15.8. The van der Waals surface area contributed by atoms with Gasteiger partial charge < -0.3 is 15.0 Å². The minimum Gasteiger partial charge on any atom is -0.445 e. The van der Waals surface area contributed by atoms with Crippen LogP contribution in [0.15, 0.2) is 54.6 Å². The van der Waals surface area contributed by atoms with Gasteiger partial charge in [-0.1, -0.05) is 30.3 Å². The Bertz CT molecular complexity index is 844. The first kappa shape index (κ1) is 19.7. The number of thioether (sulfide) groups is 1. The van der Waals surface area contributed by atoms with Gasteiger partial charge in [0, 0.05) is 24.4 Å². The molecule has 1 N–H and O–H groups in total. The van der Waals surface area contributed by atoms with Gasteiger partial charge in [0.05, 0.1) is 4.92 Å². The third kappa shape index (κ3) is 5.01. The third-order valence-electron chi connectivity index (χ3n) is 4.20. The van der Waals surface area contributed by atoms with E-state index in [4.69, 9.17) is 4.74 Å². The number of nitro benzene ring substituents is 1. The molecule has 146 valence electrons. The molecule has 1 unspecified atom stereocenters. The van der Waals surface area contributed by atoms with Crippen molar-refractivity contribution in [3.05, 3.63) is 75.8 Å². The van der Waals surface area contributed by atoms with Gasteiger partial charge in [-0.2, -0.15) is 0 Å². The maximum Gasteiger partial charge on any atom is 0.407 e. The van der Waals surface area contributed by atoms with Crippen LogP contribution in [0.5, 0.6) is 0 Å². The lowest BCUT2D eigenvalue weighted by atomic mass is 10.2. The van der Waals surface area contributed by atoms with Crippen molar-refractivity contribution in [2.24, 2.45) is 0 Å². The molecule has 1 aliphatic heterocycles. The predicted octanol–water partition coefficient (Wildman–Crippen LogP) is 3.10. The Hall–Kier alpha value is -3.07. The molecule has 3 rings (SSSR count). The monoisotopic (exact) mass is 401 g/mol. The Kier molecular flexibility index (Phi) is 6.49. The molecule has 1 aliphatic rings. The lowest BCUT2D eigenvalue weighted by Crippen LogP contribution is -2.39. The van der Waals surface area contributed by atoms with E-state index >= 15 is 0 Å². The summed E-state index contributed by atoms with van der Waals surface area (Å²) < 4.78 is 5.10. The quantitative estimate of drug-likeness (QED) is 0.589. The summed E-state index contributed by atoms with van der Waals surface area (Å²) in [5.74, 6) is 0.524. The van der Waals surface area contributed by atoms with Gasteiger partial charge >= 0.3 is 6.09 Å². The van der Waals surface area contributed by atoms with E-state index in [-0.39, 0.29) is 30.1 Å². The summed E-state index contributed by atoms with van der Waals surface area (Å²) in [5, 5.41) is 13.0. The molecule has 2 aromatic carbocycles. The van der Waals surface area contributed by atoms with Gasteiger partial charge in [-0.25, -0.2) is 4.79 Å². The third-order valence-corrected chi connectivity index (χ3v) is 5.46. The van der Waals surface area contributed by atoms with Gasteiger partial charge in [0.1, 0.15) is 18.5 Å². The molecule has 8 nitrogen and oxygen atoms in total. The molecule has 1 fully saturated rings. The molecule has 1 saturated heterocycles. The summed E-state index contributed by atoms with van der Waals surface area (Å²) in [5.41, 5.74) is 1.68. The summed E-state index contributed by atoms with van der Waals surface area (Å²) in [4.78, 5) is 36.3. The number of rotatable bonds is 6. The van der Waals surface area contributed by atoms with Crippen molar-refractivity contribution >= 4 is 29.4 Å². The molecule has 0 aromatic heterocycles. The number of alkyl carbamates (subject to hydrolysis) is 1. The average Bonchev–Trinajstić information content (AvgIpc) is 3.21. The summed E-state index contributed by atoms with van der Waals surface area (Å²) in [6, 6.07) is 15.4. The van der Waals surface area contributed by atoms with E-state index in [2.05, 4.69) is 5.32 Å². The number of nitrogens with one attached hydrogen (secondary N) is 1. The molecule has 2 amide bonds. The van der Waals surface area contributed by atoms with Gasteiger partial charge in [0.15, 0.2) is 0 Å². The van der Waals surface area contributed by atoms with E-state index in [1.807, 2.05) is 30.3 Å². The normalized spacial score (nSPS) is 15.9. The van der Waals surface area contributed by atoms with Crippen LogP contribution >= 0.6 is 11.8 Å². The van der Waals surface area contributed by atoms with Gasteiger partial charge in [-0.05, 0) is 23.3 Å². The lowest BCUT2D eigenvalue weighted by Gasteiger charge is -2.24. The number of non-ortho nitro benzene ring substituents is 1. The van der Waals surface area contributed by atoms with Crippen molar-refractivity contribution in [3.8, 4) is 0 Å². The zero-order chi connectivity index (χ0) is 19.9. The maximum atomic E-state index is 12.5. The van der Waals surface area contributed by atoms with E-state index < -0.39 is 11.0 Å². The van der Waals surface area contributed by atoms with Crippen molar-refractivity contribution in [3.63, 3.8) is 0 Å². The van der Waals surface area contributed by atoms with Crippen LogP contribution in [-0.4, -0.2) is 40.7 Å². The molecular formula is C19H19N3O5S. The smallest absolute Gasteiger partial charge is 0.407 e. The summed E-state index contributed by atoms with van der Waals surface area (Å²) in [6.07, 6.45) is -0.657. The first-order valence-corrected chi connectivity index (χ1v) is 9.69. The summed E-state index contributed by atoms with van der Waals surface area (Å²) in [6.45, 7) is 0.509. The Morgan fingerprint density at radius 2 is 1.89 bits per heavy atom. The molecule has 2 aromatic rings. The first-order valence-electron chi connectivity index (χ1n) is 8.64. The average molecular weight is 401 g/mol. The summed E-state index contributed by atoms with van der Waals surface area (Å²) >= 11 is 1.58. The number of ether oxygens (including phenoxy) is 1. The van der Waals surface area contributed by atoms with Crippen molar-refractivity contribution in [2.45, 2.75) is 12.0 Å². The van der Waals surface area contributed by atoms with Crippen LogP contribution in [-0.2, 0) is 16.1 Å². The van der Waals surface area contributed by atoms with Crippen molar-refractivity contribution < 1.29 is 19.2 Å². The Labute approximate surface area is 166 Å². The van der Waals surface area contributed by atoms with E-state index in [0.29, 0.717) is 6.54 Å². The molecule has 28 heavy (non-hydrogen) atoms. The fraction of sp³-hybridized carbons (Fsp3) is 0.263. The molecular weight excluding hydrogens is 382 g/mol. The van der Waals surface area contributed by atoms with Crippen LogP contribution in [0.4, 0.5) is 10.5 Å². The minimum absolute atomic E-state index is 0.00690. The van der Waals surface area contributed by atoms with Crippen molar-refractivity contribution in [2.75, 3.05) is 18.8 Å². The second kappa shape index (κ2) is 9.23. The van der Waals surface area contributed by atoms with Crippen LogP contribution in [0.25, 0.3) is 0 Å². The van der Waals surface area contributed by atoms with Crippen LogP contribution in [0.2, 0.25) is 0 Å². The van der Waals surface area contributed by atoms with Crippen LogP contribution in [0, 0.1) is 10.1 Å². The van der Waals surface area contributed by atoms with E-state index in [1.165, 1.54) is 12.1 Å². The standard InChI is InChI=1S/C19H19N3O5S/c23-17(12-20-19(24)27-13-14-4-2-1-3-5-14)21-10-11-28-18(21)15-6-8-16(9-7-15)22(25)26/h1-9,18H,10-13H2,(H,20,24). The Balaban J connectivity index is 1.51. The van der Waals surface area contributed by atoms with Gasteiger partial charge in [0.25, 0.3) is 5.69 Å². The molecule has 0 spiro atoms. The van der Waals surface area contributed by atoms with Gasteiger partial charge in [-0.3, -0.25) is 14.9 Å². The van der Waals surface area contributed by atoms with Gasteiger partial charge in [-0.15, -0.1) is 11.8 Å². The fourth-order valence-electron chi connectivity index (χ4n) is 2.79. The zero-order valence-electron chi connectivity index (χ0n) is 14.9. The van der Waals surface area contributed by atoms with Crippen molar-refractivity contribution in [1.82, 2.24) is 10.2 Å².